The summed E-state index contributed by atoms with van der Waals surface area (Å²) in [6, 6.07) is -0.950. The maximum absolute atomic E-state index is 13.3. The van der Waals surface area contributed by atoms with Crippen molar-refractivity contribution >= 4 is 5.91 Å². The summed E-state index contributed by atoms with van der Waals surface area (Å²) in [5.41, 5.74) is 0. The van der Waals surface area contributed by atoms with Crippen molar-refractivity contribution in [3.05, 3.63) is 72.9 Å². The number of carbonyl (C=O) groups is 1. The first-order valence-corrected chi connectivity index (χ1v) is 34.7. The van der Waals surface area contributed by atoms with Gasteiger partial charge in [0.2, 0.25) is 5.91 Å². The predicted molar refractivity (Wildman–Crippen MR) is 346 cm³/mol. The van der Waals surface area contributed by atoms with Crippen molar-refractivity contribution in [3.8, 4) is 0 Å². The molecular formula is C71H127NO13. The molecule has 0 aromatic rings. The molecule has 85 heavy (non-hydrogen) atoms. The Balaban J connectivity index is 1.72. The van der Waals surface area contributed by atoms with Gasteiger partial charge in [-0.05, 0) is 83.5 Å². The smallest absolute Gasteiger partial charge is 0.220 e. The van der Waals surface area contributed by atoms with E-state index in [1.165, 1.54) is 167 Å². The molecule has 2 saturated heterocycles. The number of nitrogens with one attached hydrogen (secondary N) is 1. The van der Waals surface area contributed by atoms with Crippen LogP contribution in [0, 0.1) is 0 Å². The summed E-state index contributed by atoms with van der Waals surface area (Å²) in [6.45, 7) is 2.78. The molecule has 0 aromatic heterocycles. The van der Waals surface area contributed by atoms with E-state index in [0.29, 0.717) is 12.8 Å². The number of unbranched alkanes of at least 4 members (excludes halogenated alkanes) is 33. The second-order valence-electron chi connectivity index (χ2n) is 24.3. The molecule has 9 N–H and O–H groups in total. The average Bonchev–Trinajstić information content (AvgIpc) is 3.69. The zero-order chi connectivity index (χ0) is 61.6. The number of hydrogen-bond acceptors (Lipinski definition) is 13. The van der Waals surface area contributed by atoms with E-state index >= 15 is 0 Å². The van der Waals surface area contributed by atoms with Crippen molar-refractivity contribution in [2.75, 3.05) is 19.8 Å². The van der Waals surface area contributed by atoms with Crippen LogP contribution in [0.25, 0.3) is 0 Å². The highest BCUT2D eigenvalue weighted by atomic mass is 16.7. The van der Waals surface area contributed by atoms with Crippen LogP contribution < -0.4 is 5.32 Å². The average molecular weight is 1200 g/mol. The molecule has 0 saturated carbocycles. The molecule has 14 nitrogen and oxygen atoms in total. The lowest BCUT2D eigenvalue weighted by Crippen LogP contribution is -2.65. The molecule has 0 aliphatic carbocycles. The van der Waals surface area contributed by atoms with Crippen LogP contribution in [0.5, 0.6) is 0 Å². The largest absolute Gasteiger partial charge is 0.394 e. The van der Waals surface area contributed by atoms with Crippen molar-refractivity contribution in [1.82, 2.24) is 5.32 Å². The van der Waals surface area contributed by atoms with Crippen LogP contribution in [0.3, 0.4) is 0 Å². The molecule has 2 fully saturated rings. The number of ether oxygens (including phenoxy) is 4. The Labute approximate surface area is 517 Å². The van der Waals surface area contributed by atoms with Gasteiger partial charge in [-0.15, -0.1) is 0 Å². The maximum atomic E-state index is 13.3. The highest BCUT2D eigenvalue weighted by Gasteiger charge is 2.51. The molecule has 0 spiro atoms. The quantitative estimate of drug-likeness (QED) is 0.0204. The zero-order valence-corrected chi connectivity index (χ0v) is 53.6. The normalized spacial score (nSPS) is 24.0. The SMILES string of the molecule is CCCCCCC/C=C\C/C=C\C/C=C\CCCCCCCCC(=O)NC(COC1OC(CO)C(OC2OC(CO)C(O)C(O)C2O)C(O)C1O)C(O)/C=C/CC/C=C/CC/C=C/CCCCCCCCCCCCCCCCCCCCCC. The second-order valence-corrected chi connectivity index (χ2v) is 24.3. The minimum Gasteiger partial charge on any atom is -0.394 e. The Morgan fingerprint density at radius 3 is 1.24 bits per heavy atom. The van der Waals surface area contributed by atoms with Crippen LogP contribution in [0.4, 0.5) is 0 Å². The number of allylic oxidation sites excluding steroid dienone is 11. The number of aliphatic hydroxyl groups is 8. The summed E-state index contributed by atoms with van der Waals surface area (Å²) in [4.78, 5) is 13.3. The van der Waals surface area contributed by atoms with Gasteiger partial charge in [-0.25, -0.2) is 0 Å². The maximum Gasteiger partial charge on any atom is 0.220 e. The fourth-order valence-electron chi connectivity index (χ4n) is 11.0. The molecule has 0 aromatic carbocycles. The lowest BCUT2D eigenvalue weighted by molar-refractivity contribution is -0.359. The number of aliphatic hydroxyl groups excluding tert-OH is 8. The highest BCUT2D eigenvalue weighted by molar-refractivity contribution is 5.76. The van der Waals surface area contributed by atoms with Gasteiger partial charge in [0.05, 0.1) is 32.0 Å². The van der Waals surface area contributed by atoms with Gasteiger partial charge < -0.3 is 65.1 Å². The van der Waals surface area contributed by atoms with Crippen molar-refractivity contribution in [1.29, 1.82) is 0 Å². The van der Waals surface area contributed by atoms with Gasteiger partial charge in [-0.1, -0.05) is 260 Å². The first-order chi connectivity index (χ1) is 41.6. The van der Waals surface area contributed by atoms with Crippen LogP contribution in [0.2, 0.25) is 0 Å². The predicted octanol–water partition coefficient (Wildman–Crippen LogP) is 13.8. The summed E-state index contributed by atoms with van der Waals surface area (Å²) >= 11 is 0. The van der Waals surface area contributed by atoms with Gasteiger partial charge in [0.15, 0.2) is 12.6 Å². The third-order valence-corrected chi connectivity index (χ3v) is 16.6. The van der Waals surface area contributed by atoms with Crippen LogP contribution in [-0.4, -0.2) is 140 Å². The Bertz CT molecular complexity index is 1700. The lowest BCUT2D eigenvalue weighted by Gasteiger charge is -2.46. The van der Waals surface area contributed by atoms with Crippen LogP contribution in [0.1, 0.15) is 277 Å². The van der Waals surface area contributed by atoms with Gasteiger partial charge in [-0.2, -0.15) is 0 Å². The van der Waals surface area contributed by atoms with Crippen LogP contribution in [0.15, 0.2) is 72.9 Å². The third kappa shape index (κ3) is 39.9. The van der Waals surface area contributed by atoms with E-state index in [1.807, 2.05) is 6.08 Å². The monoisotopic (exact) mass is 1200 g/mol. The van der Waals surface area contributed by atoms with Gasteiger partial charge in [0, 0.05) is 6.42 Å². The summed E-state index contributed by atoms with van der Waals surface area (Å²) in [7, 11) is 0. The van der Waals surface area contributed by atoms with Crippen molar-refractivity contribution in [2.24, 2.45) is 0 Å². The third-order valence-electron chi connectivity index (χ3n) is 16.6. The fraction of sp³-hybridized carbons (Fsp3) is 0.817. The van der Waals surface area contributed by atoms with E-state index in [4.69, 9.17) is 18.9 Å². The number of amides is 1. The van der Waals surface area contributed by atoms with E-state index in [-0.39, 0.29) is 18.9 Å². The second kappa shape index (κ2) is 55.5. The van der Waals surface area contributed by atoms with E-state index in [2.05, 4.69) is 79.9 Å². The summed E-state index contributed by atoms with van der Waals surface area (Å²) < 4.78 is 22.8. The van der Waals surface area contributed by atoms with E-state index in [0.717, 1.165) is 77.0 Å². The molecule has 12 atom stereocenters. The van der Waals surface area contributed by atoms with E-state index in [1.54, 1.807) is 6.08 Å². The Morgan fingerprint density at radius 1 is 0.424 bits per heavy atom. The molecule has 2 heterocycles. The van der Waals surface area contributed by atoms with Crippen molar-refractivity contribution in [2.45, 2.75) is 351 Å². The molecule has 2 aliphatic rings. The molecule has 494 valence electrons. The van der Waals surface area contributed by atoms with Gasteiger partial charge in [-0.3, -0.25) is 4.79 Å². The Hall–Kier alpha value is -2.57. The minimum atomic E-state index is -1.80. The van der Waals surface area contributed by atoms with E-state index in [9.17, 15) is 45.6 Å². The Morgan fingerprint density at radius 2 is 0.788 bits per heavy atom. The van der Waals surface area contributed by atoms with Crippen molar-refractivity contribution in [3.63, 3.8) is 0 Å². The standard InChI is InChI=1S/C71H127NO13/c1-3-5-7-9-11-13-15-17-19-21-23-25-26-27-28-29-30-31-32-33-35-36-38-40-42-44-46-48-50-52-54-60(75)59(58-82-70-68(81)66(79)69(62(57-74)84-70)85-71-67(80)65(78)64(77)61(56-73)83-71)72-63(76)55-53-51-49-47-45-43-41-39-37-34-24-22-20-18-16-14-12-10-8-6-4-2/h16,18,22,24,36-39,44,46,52,54,59-62,64-71,73-75,77-81H,3-15,17,19-21,23,25-35,40-43,45,47-51,53,55-58H2,1-2H3,(H,72,76)/b18-16-,24-22-,38-36+,39-37-,46-44+,54-52+. The van der Waals surface area contributed by atoms with Crippen LogP contribution >= 0.6 is 0 Å². The van der Waals surface area contributed by atoms with Gasteiger partial charge in [0.25, 0.3) is 0 Å². The molecule has 0 radical (unpaired) electrons. The summed E-state index contributed by atoms with van der Waals surface area (Å²) in [6.07, 6.45) is 58.2. The topological polar surface area (TPSA) is 228 Å². The molecular weight excluding hydrogens is 1070 g/mol. The van der Waals surface area contributed by atoms with Gasteiger partial charge >= 0.3 is 0 Å². The first-order valence-electron chi connectivity index (χ1n) is 34.7. The molecule has 1 amide bonds. The summed E-state index contributed by atoms with van der Waals surface area (Å²) in [5.74, 6) is -0.266. The zero-order valence-electron chi connectivity index (χ0n) is 53.6. The molecule has 2 aliphatic heterocycles. The molecule has 0 bridgehead atoms. The van der Waals surface area contributed by atoms with E-state index < -0.39 is 86.8 Å². The number of carbonyl (C=O) groups excluding carboxylic acids is 1. The summed E-state index contributed by atoms with van der Waals surface area (Å²) in [5, 5.41) is 87.3. The molecule has 2 rings (SSSR count). The molecule has 12 unspecified atom stereocenters. The highest BCUT2D eigenvalue weighted by Crippen LogP contribution is 2.30. The number of rotatable bonds is 56. The number of hydrogen-bond donors (Lipinski definition) is 9. The minimum absolute atomic E-state index is 0.252. The van der Waals surface area contributed by atoms with Crippen molar-refractivity contribution < 1.29 is 64.6 Å². The first kappa shape index (κ1) is 78.5. The lowest BCUT2D eigenvalue weighted by atomic mass is 9.97. The Kier molecular flexibility index (Phi) is 51.3. The fourth-order valence-corrected chi connectivity index (χ4v) is 11.0. The molecule has 14 heteroatoms. The van der Waals surface area contributed by atoms with Crippen LogP contribution in [-0.2, 0) is 23.7 Å². The van der Waals surface area contributed by atoms with Gasteiger partial charge in [0.1, 0.15) is 48.8 Å².